The van der Waals surface area contributed by atoms with Crippen molar-refractivity contribution in [2.45, 2.75) is 13.8 Å². The average molecular weight is 503 g/mol. The third-order valence-electron chi connectivity index (χ3n) is 5.29. The van der Waals surface area contributed by atoms with Gasteiger partial charge in [0.05, 0.1) is 32.4 Å². The number of anilines is 1. The summed E-state index contributed by atoms with van der Waals surface area (Å²) in [4.78, 5) is 12.5. The number of hydrogen-bond acceptors (Lipinski definition) is 6. The summed E-state index contributed by atoms with van der Waals surface area (Å²) in [5.41, 5.74) is 5.89. The molecule has 0 aliphatic heterocycles. The molecular formula is C24H27FN4O5S. The van der Waals surface area contributed by atoms with E-state index in [-0.39, 0.29) is 11.5 Å². The Morgan fingerprint density at radius 2 is 1.74 bits per heavy atom. The van der Waals surface area contributed by atoms with Crippen molar-refractivity contribution in [3.63, 3.8) is 0 Å². The molecule has 1 amide bonds. The van der Waals surface area contributed by atoms with Gasteiger partial charge in [-0.1, -0.05) is 0 Å². The van der Waals surface area contributed by atoms with Gasteiger partial charge in [-0.2, -0.15) is 5.10 Å². The number of ether oxygens (including phenoxy) is 2. The van der Waals surface area contributed by atoms with Crippen LogP contribution in [0.15, 0.2) is 53.6 Å². The molecule has 2 aromatic carbocycles. The molecule has 1 heterocycles. The molecule has 1 N–H and O–H groups in total. The zero-order chi connectivity index (χ0) is 25.8. The number of aromatic nitrogens is 1. The molecule has 35 heavy (non-hydrogen) atoms. The third-order valence-corrected chi connectivity index (χ3v) is 6.43. The predicted octanol–water partition coefficient (Wildman–Crippen LogP) is 3.17. The summed E-state index contributed by atoms with van der Waals surface area (Å²) < 4.78 is 51.3. The summed E-state index contributed by atoms with van der Waals surface area (Å²) in [6, 6.07) is 12.5. The Morgan fingerprint density at radius 1 is 1.09 bits per heavy atom. The number of amides is 1. The Morgan fingerprint density at radius 3 is 2.34 bits per heavy atom. The second kappa shape index (κ2) is 10.6. The maximum absolute atomic E-state index is 13.3. The highest BCUT2D eigenvalue weighted by Crippen LogP contribution is 2.32. The fourth-order valence-electron chi connectivity index (χ4n) is 3.63. The highest BCUT2D eigenvalue weighted by atomic mass is 32.2. The van der Waals surface area contributed by atoms with Crippen molar-refractivity contribution in [2.24, 2.45) is 5.10 Å². The van der Waals surface area contributed by atoms with Gasteiger partial charge in [-0.25, -0.2) is 18.2 Å². The lowest BCUT2D eigenvalue weighted by atomic mass is 10.2. The average Bonchev–Trinajstić information content (AvgIpc) is 3.09. The van der Waals surface area contributed by atoms with Crippen LogP contribution in [0.25, 0.3) is 5.69 Å². The Hall–Kier alpha value is -3.86. The van der Waals surface area contributed by atoms with Crippen molar-refractivity contribution in [3.8, 4) is 17.2 Å². The largest absolute Gasteiger partial charge is 0.493 e. The van der Waals surface area contributed by atoms with E-state index < -0.39 is 22.5 Å². The molecule has 9 nitrogen and oxygen atoms in total. The van der Waals surface area contributed by atoms with E-state index in [1.807, 2.05) is 24.5 Å². The number of nitrogens with one attached hydrogen (secondary N) is 1. The summed E-state index contributed by atoms with van der Waals surface area (Å²) in [6.07, 6.45) is 2.48. The van der Waals surface area contributed by atoms with Gasteiger partial charge in [0.15, 0.2) is 11.5 Å². The molecular weight excluding hydrogens is 475 g/mol. The van der Waals surface area contributed by atoms with Gasteiger partial charge in [0.25, 0.3) is 5.91 Å². The minimum Gasteiger partial charge on any atom is -0.493 e. The van der Waals surface area contributed by atoms with Crippen LogP contribution in [0.5, 0.6) is 11.5 Å². The van der Waals surface area contributed by atoms with Crippen molar-refractivity contribution in [3.05, 3.63) is 71.3 Å². The van der Waals surface area contributed by atoms with Gasteiger partial charge in [0.2, 0.25) is 10.0 Å². The maximum Gasteiger partial charge on any atom is 0.260 e. The number of hydrazone groups is 1. The van der Waals surface area contributed by atoms with Crippen LogP contribution in [0.3, 0.4) is 0 Å². The smallest absolute Gasteiger partial charge is 0.260 e. The van der Waals surface area contributed by atoms with Gasteiger partial charge >= 0.3 is 0 Å². The lowest BCUT2D eigenvalue weighted by Gasteiger charge is -2.22. The molecule has 0 fully saturated rings. The molecule has 0 atom stereocenters. The molecule has 3 rings (SSSR count). The molecule has 0 aliphatic rings. The zero-order valence-corrected chi connectivity index (χ0v) is 20.9. The molecule has 0 bridgehead atoms. The maximum atomic E-state index is 13.3. The van der Waals surface area contributed by atoms with Crippen LogP contribution in [0, 0.1) is 19.7 Å². The van der Waals surface area contributed by atoms with E-state index in [4.69, 9.17) is 9.47 Å². The van der Waals surface area contributed by atoms with E-state index >= 15 is 0 Å². The molecule has 186 valence electrons. The second-order valence-electron chi connectivity index (χ2n) is 7.74. The fourth-order valence-corrected chi connectivity index (χ4v) is 4.47. The van der Waals surface area contributed by atoms with Gasteiger partial charge in [0.1, 0.15) is 12.4 Å². The number of carbonyl (C=O) groups excluding carboxylic acids is 1. The second-order valence-corrected chi connectivity index (χ2v) is 9.65. The van der Waals surface area contributed by atoms with E-state index in [1.54, 1.807) is 18.2 Å². The first-order chi connectivity index (χ1) is 16.5. The Balaban J connectivity index is 1.76. The highest BCUT2D eigenvalue weighted by Gasteiger charge is 2.22. The van der Waals surface area contributed by atoms with Gasteiger partial charge in [-0.15, -0.1) is 0 Å². The first-order valence-corrected chi connectivity index (χ1v) is 12.4. The van der Waals surface area contributed by atoms with E-state index in [1.165, 1.54) is 44.7 Å². The number of methoxy groups -OCH3 is 2. The van der Waals surface area contributed by atoms with Crippen molar-refractivity contribution >= 4 is 27.8 Å². The number of aryl methyl sites for hydroxylation is 1. The van der Waals surface area contributed by atoms with Crippen LogP contribution in [-0.2, 0) is 14.8 Å². The molecule has 0 radical (unpaired) electrons. The standard InChI is InChI=1S/C24H27FN4O5S/c1-16-12-18(17(2)29(16)20-8-6-19(25)7-9-20)14-26-27-24(30)15-28(35(5,31)32)21-10-11-22(33-3)23(13-21)34-4/h6-14H,15H2,1-5H3,(H,27,30)/b26-14-. The van der Waals surface area contributed by atoms with Crippen molar-refractivity contribution in [1.82, 2.24) is 9.99 Å². The Labute approximate surface area is 203 Å². The van der Waals surface area contributed by atoms with Crippen LogP contribution < -0.4 is 19.2 Å². The van der Waals surface area contributed by atoms with E-state index in [2.05, 4.69) is 10.5 Å². The van der Waals surface area contributed by atoms with Crippen molar-refractivity contribution in [1.29, 1.82) is 0 Å². The molecule has 0 spiro atoms. The molecule has 0 aliphatic carbocycles. The molecule has 11 heteroatoms. The van der Waals surface area contributed by atoms with Crippen LogP contribution in [-0.4, -0.2) is 52.1 Å². The molecule has 3 aromatic rings. The van der Waals surface area contributed by atoms with E-state index in [0.29, 0.717) is 11.5 Å². The Kier molecular flexibility index (Phi) is 7.80. The molecule has 0 unspecified atom stereocenters. The van der Waals surface area contributed by atoms with Crippen molar-refractivity contribution < 1.29 is 27.1 Å². The van der Waals surface area contributed by atoms with Gasteiger partial charge in [-0.05, 0) is 56.3 Å². The summed E-state index contributed by atoms with van der Waals surface area (Å²) in [5.74, 6) is -0.198. The predicted molar refractivity (Wildman–Crippen MR) is 133 cm³/mol. The van der Waals surface area contributed by atoms with Crippen LogP contribution in [0.2, 0.25) is 0 Å². The summed E-state index contributed by atoms with van der Waals surface area (Å²) >= 11 is 0. The third kappa shape index (κ3) is 5.99. The lowest BCUT2D eigenvalue weighted by molar-refractivity contribution is -0.119. The number of carbonyl (C=O) groups is 1. The van der Waals surface area contributed by atoms with Gasteiger partial charge in [0, 0.05) is 28.7 Å². The zero-order valence-electron chi connectivity index (χ0n) is 20.1. The first kappa shape index (κ1) is 25.8. The highest BCUT2D eigenvalue weighted by molar-refractivity contribution is 7.92. The van der Waals surface area contributed by atoms with E-state index in [0.717, 1.165) is 33.2 Å². The van der Waals surface area contributed by atoms with Crippen LogP contribution >= 0.6 is 0 Å². The van der Waals surface area contributed by atoms with Gasteiger partial charge in [-0.3, -0.25) is 9.10 Å². The number of nitrogens with zero attached hydrogens (tertiary/aromatic N) is 3. The lowest BCUT2D eigenvalue weighted by Crippen LogP contribution is -2.39. The number of halogens is 1. The summed E-state index contributed by atoms with van der Waals surface area (Å²) in [7, 11) is -0.885. The molecule has 1 aromatic heterocycles. The monoisotopic (exact) mass is 502 g/mol. The van der Waals surface area contributed by atoms with Crippen LogP contribution in [0.4, 0.5) is 10.1 Å². The Bertz CT molecular complexity index is 1350. The quantitative estimate of drug-likeness (QED) is 0.358. The number of rotatable bonds is 9. The summed E-state index contributed by atoms with van der Waals surface area (Å²) in [5, 5.41) is 3.99. The number of benzene rings is 2. The van der Waals surface area contributed by atoms with Gasteiger partial charge < -0.3 is 14.0 Å². The topological polar surface area (TPSA) is 102 Å². The number of hydrogen-bond donors (Lipinski definition) is 1. The minimum atomic E-state index is -3.78. The summed E-state index contributed by atoms with van der Waals surface area (Å²) in [6.45, 7) is 3.29. The molecule has 0 saturated heterocycles. The van der Waals surface area contributed by atoms with Crippen molar-refractivity contribution in [2.75, 3.05) is 31.3 Å². The SMILES string of the molecule is COc1ccc(N(CC(=O)N/N=C\c2cc(C)n(-c3ccc(F)cc3)c2C)S(C)(=O)=O)cc1OC. The van der Waals surface area contributed by atoms with Crippen LogP contribution in [0.1, 0.15) is 17.0 Å². The molecule has 0 saturated carbocycles. The first-order valence-electron chi connectivity index (χ1n) is 10.5. The number of sulfonamides is 1. The fraction of sp³-hybridized carbons (Fsp3) is 0.250. The van der Waals surface area contributed by atoms with E-state index in [9.17, 15) is 17.6 Å². The minimum absolute atomic E-state index is 0.243. The normalized spacial score (nSPS) is 11.5.